The Morgan fingerprint density at radius 1 is 0.926 bits per heavy atom. The van der Waals surface area contributed by atoms with Crippen molar-refractivity contribution < 1.29 is 24.0 Å². The fraction of sp³-hybridized carbons (Fsp3) is 0.389. The summed E-state index contributed by atoms with van der Waals surface area (Å²) in [5, 5.41) is 4.25. The molecular weight excluding hydrogens is 352 g/mol. The lowest BCUT2D eigenvalue weighted by molar-refractivity contribution is -0.151. The van der Waals surface area contributed by atoms with E-state index in [4.69, 9.17) is 0 Å². The van der Waals surface area contributed by atoms with Crippen LogP contribution in [0.5, 0.6) is 0 Å². The van der Waals surface area contributed by atoms with Gasteiger partial charge in [0.25, 0.3) is 11.8 Å². The van der Waals surface area contributed by atoms with Crippen LogP contribution in [0.4, 0.5) is 10.5 Å². The van der Waals surface area contributed by atoms with Crippen LogP contribution >= 0.6 is 0 Å². The summed E-state index contributed by atoms with van der Waals surface area (Å²) in [4.78, 5) is 66.6. The Balaban J connectivity index is 1.67. The van der Waals surface area contributed by atoms with E-state index in [1.54, 1.807) is 35.2 Å². The van der Waals surface area contributed by atoms with Crippen molar-refractivity contribution >= 4 is 35.3 Å². The number of nitrogens with zero attached hydrogens (tertiary/aromatic N) is 2. The summed E-state index contributed by atoms with van der Waals surface area (Å²) in [6, 6.07) is 7.17. The van der Waals surface area contributed by atoms with Gasteiger partial charge in [0.05, 0.1) is 17.5 Å². The second kappa shape index (κ2) is 5.23. The Morgan fingerprint density at radius 3 is 2.26 bits per heavy atom. The number of urea groups is 1. The van der Waals surface area contributed by atoms with Gasteiger partial charge < -0.3 is 0 Å². The van der Waals surface area contributed by atoms with Gasteiger partial charge in [-0.1, -0.05) is 18.2 Å². The molecule has 4 saturated heterocycles. The zero-order valence-corrected chi connectivity index (χ0v) is 14.2. The predicted molar refractivity (Wildman–Crippen MR) is 90.1 cm³/mol. The van der Waals surface area contributed by atoms with E-state index in [0.29, 0.717) is 25.1 Å². The van der Waals surface area contributed by atoms with Crippen LogP contribution in [0.15, 0.2) is 30.3 Å². The summed E-state index contributed by atoms with van der Waals surface area (Å²) in [6.45, 7) is 0.415. The first-order chi connectivity index (χ1) is 13.0. The summed E-state index contributed by atoms with van der Waals surface area (Å²) in [5.74, 6) is -4.57. The predicted octanol–water partition coefficient (Wildman–Crippen LogP) is -0.625. The van der Waals surface area contributed by atoms with E-state index in [2.05, 4.69) is 10.6 Å². The van der Waals surface area contributed by atoms with Gasteiger partial charge >= 0.3 is 6.03 Å². The molecule has 9 heteroatoms. The molecule has 0 saturated carbocycles. The number of fused-ring (bicyclic) bond motifs is 5. The standard InChI is InChI=1S/C18H16N4O5/c23-13-11-10-7-4-8-21(10)18(15(25)19-17(27)20-16(18)26)12(11)14(24)22(13)9-5-2-1-3-6-9/h1-3,5-6,10-12H,4,7-8H2,(H2,19,20,25,26,27)/t10-,11-,12+/m1/s1. The molecule has 0 radical (unpaired) electrons. The van der Waals surface area contributed by atoms with Crippen molar-refractivity contribution in [2.75, 3.05) is 11.4 Å². The lowest BCUT2D eigenvalue weighted by atomic mass is 9.77. The number of barbiturate groups is 1. The van der Waals surface area contributed by atoms with Crippen molar-refractivity contribution in [3.05, 3.63) is 30.3 Å². The van der Waals surface area contributed by atoms with Crippen LogP contribution in [-0.2, 0) is 19.2 Å². The molecule has 0 aromatic heterocycles. The van der Waals surface area contributed by atoms with E-state index in [1.165, 1.54) is 0 Å². The number of imide groups is 3. The third-order valence-corrected chi connectivity index (χ3v) is 6.13. The minimum atomic E-state index is -1.87. The number of nitrogens with one attached hydrogen (secondary N) is 2. The third-order valence-electron chi connectivity index (χ3n) is 6.13. The number of rotatable bonds is 1. The monoisotopic (exact) mass is 368 g/mol. The van der Waals surface area contributed by atoms with Crippen molar-refractivity contribution in [1.29, 1.82) is 0 Å². The third kappa shape index (κ3) is 1.79. The lowest BCUT2D eigenvalue weighted by Gasteiger charge is -2.40. The van der Waals surface area contributed by atoms with Crippen molar-refractivity contribution in [1.82, 2.24) is 15.5 Å². The Kier molecular flexibility index (Phi) is 3.12. The van der Waals surface area contributed by atoms with E-state index in [1.807, 2.05) is 0 Å². The van der Waals surface area contributed by atoms with Crippen molar-refractivity contribution in [3.63, 3.8) is 0 Å². The van der Waals surface area contributed by atoms with Crippen LogP contribution < -0.4 is 15.5 Å². The van der Waals surface area contributed by atoms with Gasteiger partial charge in [-0.05, 0) is 25.0 Å². The quantitative estimate of drug-likeness (QED) is 0.504. The van der Waals surface area contributed by atoms with Gasteiger partial charge in [-0.15, -0.1) is 0 Å². The molecule has 27 heavy (non-hydrogen) atoms. The number of carbonyl (C=O) groups is 5. The Morgan fingerprint density at radius 2 is 1.59 bits per heavy atom. The molecule has 3 atom stereocenters. The van der Waals surface area contributed by atoms with E-state index >= 15 is 0 Å². The van der Waals surface area contributed by atoms with Gasteiger partial charge in [0.1, 0.15) is 0 Å². The number of anilines is 1. The van der Waals surface area contributed by atoms with Crippen molar-refractivity contribution in [3.8, 4) is 0 Å². The average Bonchev–Trinajstić information content (AvgIpc) is 3.26. The Bertz CT molecular complexity index is 894. The molecule has 5 rings (SSSR count). The molecule has 9 nitrogen and oxygen atoms in total. The van der Waals surface area contributed by atoms with Gasteiger partial charge in [-0.3, -0.25) is 34.7 Å². The molecule has 138 valence electrons. The summed E-state index contributed by atoms with van der Waals surface area (Å²) in [5.41, 5.74) is -1.45. The number of hydrogen-bond acceptors (Lipinski definition) is 6. The maximum absolute atomic E-state index is 13.3. The molecule has 0 bridgehead atoms. The molecule has 4 aliphatic rings. The minimum absolute atomic E-state index is 0.384. The molecule has 2 N–H and O–H groups in total. The molecule has 4 heterocycles. The molecule has 0 aliphatic carbocycles. The highest BCUT2D eigenvalue weighted by molar-refractivity contribution is 6.31. The summed E-state index contributed by atoms with van der Waals surface area (Å²) in [6.07, 6.45) is 1.32. The molecule has 1 aromatic carbocycles. The van der Waals surface area contributed by atoms with Crippen LogP contribution in [0.1, 0.15) is 12.8 Å². The molecule has 4 fully saturated rings. The first-order valence-corrected chi connectivity index (χ1v) is 8.84. The van der Waals surface area contributed by atoms with Crippen LogP contribution in [0.25, 0.3) is 0 Å². The van der Waals surface area contributed by atoms with Crippen LogP contribution in [0, 0.1) is 11.8 Å². The first kappa shape index (κ1) is 16.1. The molecule has 4 aliphatic heterocycles. The van der Waals surface area contributed by atoms with Crippen molar-refractivity contribution in [2.45, 2.75) is 24.4 Å². The summed E-state index contributed by atoms with van der Waals surface area (Å²) >= 11 is 0. The fourth-order valence-electron chi connectivity index (χ4n) is 5.21. The smallest absolute Gasteiger partial charge is 0.277 e. The number of benzene rings is 1. The molecule has 1 spiro atoms. The SMILES string of the molecule is O=C1NC(=O)C2(C(=O)N1)[C@@H]1C(=O)N(c3ccccc3)C(=O)[C@@H]1[C@H]1CCCN12. The van der Waals surface area contributed by atoms with E-state index in [-0.39, 0.29) is 6.04 Å². The highest BCUT2D eigenvalue weighted by Gasteiger charge is 2.76. The lowest BCUT2D eigenvalue weighted by Crippen LogP contribution is -2.74. The number of amides is 6. The molecule has 1 aromatic rings. The second-order valence-electron chi connectivity index (χ2n) is 7.26. The van der Waals surface area contributed by atoms with Crippen LogP contribution in [0.3, 0.4) is 0 Å². The van der Waals surface area contributed by atoms with Gasteiger partial charge in [0.15, 0.2) is 5.54 Å². The number of hydrogen-bond donors (Lipinski definition) is 2. The summed E-state index contributed by atoms with van der Waals surface area (Å²) in [7, 11) is 0. The zero-order valence-electron chi connectivity index (χ0n) is 14.2. The van der Waals surface area contributed by atoms with Crippen molar-refractivity contribution in [2.24, 2.45) is 11.8 Å². The average molecular weight is 368 g/mol. The minimum Gasteiger partial charge on any atom is -0.277 e. The maximum Gasteiger partial charge on any atom is 0.328 e. The van der Waals surface area contributed by atoms with E-state index in [0.717, 1.165) is 4.90 Å². The summed E-state index contributed by atoms with van der Waals surface area (Å²) < 4.78 is 0. The van der Waals surface area contributed by atoms with Crippen LogP contribution in [-0.4, -0.2) is 52.7 Å². The van der Waals surface area contributed by atoms with Crippen LogP contribution in [0.2, 0.25) is 0 Å². The molecule has 0 unspecified atom stereocenters. The van der Waals surface area contributed by atoms with E-state index in [9.17, 15) is 24.0 Å². The Hall–Kier alpha value is -3.07. The van der Waals surface area contributed by atoms with Gasteiger partial charge in [-0.2, -0.15) is 0 Å². The van der Waals surface area contributed by atoms with Gasteiger partial charge in [0.2, 0.25) is 11.8 Å². The second-order valence-corrected chi connectivity index (χ2v) is 7.26. The topological polar surface area (TPSA) is 116 Å². The van der Waals surface area contributed by atoms with Gasteiger partial charge in [0, 0.05) is 12.6 Å². The number of carbonyl (C=O) groups excluding carboxylic acids is 5. The molecule has 6 amide bonds. The zero-order chi connectivity index (χ0) is 18.9. The van der Waals surface area contributed by atoms with Gasteiger partial charge in [-0.25, -0.2) is 9.69 Å². The largest absolute Gasteiger partial charge is 0.328 e. The highest BCUT2D eigenvalue weighted by Crippen LogP contribution is 2.53. The molecular formula is C18H16N4O5. The van der Waals surface area contributed by atoms with E-state index < -0.39 is 47.0 Å². The maximum atomic E-state index is 13.3. The fourth-order valence-corrected chi connectivity index (χ4v) is 5.21. The normalized spacial score (nSPS) is 31.9. The highest BCUT2D eigenvalue weighted by atomic mass is 16.2. The Labute approximate surface area is 153 Å². The number of para-hydroxylation sites is 1. The first-order valence-electron chi connectivity index (χ1n) is 8.84.